The molecule has 4 aromatic rings. The van der Waals surface area contributed by atoms with Gasteiger partial charge in [-0.25, -0.2) is 19.6 Å². The lowest BCUT2D eigenvalue weighted by molar-refractivity contribution is -0.124. The topological polar surface area (TPSA) is 192 Å². The number of H-pyrrole nitrogens is 2. The number of nitrogens with one attached hydrogen (secondary N) is 6. The number of nitrogens with zero attached hydrogens (tertiary/aromatic N) is 2. The van der Waals surface area contributed by atoms with Gasteiger partial charge in [-0.2, -0.15) is 0 Å². The molecule has 50 heavy (non-hydrogen) atoms. The number of ether oxygens (including phenoxy) is 2. The summed E-state index contributed by atoms with van der Waals surface area (Å²) in [4.78, 5) is 64.3. The number of rotatable bonds is 13. The minimum absolute atomic E-state index is 0.0325. The van der Waals surface area contributed by atoms with Crippen LogP contribution in [0.15, 0.2) is 60.9 Å². The lowest BCUT2D eigenvalue weighted by Gasteiger charge is -2.22. The molecule has 0 unspecified atom stereocenters. The number of aromatic nitrogens is 4. The van der Waals surface area contributed by atoms with Gasteiger partial charge in [0.05, 0.1) is 50.1 Å². The zero-order valence-electron chi connectivity index (χ0n) is 29.6. The summed E-state index contributed by atoms with van der Waals surface area (Å²) in [6.45, 7) is 11.1. The van der Waals surface area contributed by atoms with E-state index in [-0.39, 0.29) is 23.7 Å². The van der Waals surface area contributed by atoms with Gasteiger partial charge in [0.1, 0.15) is 23.7 Å². The largest absolute Gasteiger partial charge is 0.453 e. The fraction of sp³-hybridized carbons (Fsp3) is 0.389. The molecule has 4 amide bonds. The predicted octanol–water partition coefficient (Wildman–Crippen LogP) is 5.25. The molecule has 6 N–H and O–H groups in total. The summed E-state index contributed by atoms with van der Waals surface area (Å²) in [5, 5.41) is 10.9. The summed E-state index contributed by atoms with van der Waals surface area (Å²) in [5.74, 6) is 0.598. The average molecular weight is 687 g/mol. The van der Waals surface area contributed by atoms with Gasteiger partial charge in [0.25, 0.3) is 0 Å². The molecule has 2 heterocycles. The van der Waals surface area contributed by atoms with Crippen molar-refractivity contribution in [1.29, 1.82) is 0 Å². The third-order valence-electron chi connectivity index (χ3n) is 8.26. The average Bonchev–Trinajstić information content (AvgIpc) is 3.80. The molecule has 14 heteroatoms. The van der Waals surface area contributed by atoms with Crippen LogP contribution in [-0.2, 0) is 19.1 Å². The molecule has 4 rings (SSSR count). The van der Waals surface area contributed by atoms with Crippen molar-refractivity contribution in [2.24, 2.45) is 11.8 Å². The van der Waals surface area contributed by atoms with E-state index in [2.05, 4.69) is 50.7 Å². The maximum Gasteiger partial charge on any atom is 0.407 e. The first kappa shape index (κ1) is 37.2. The van der Waals surface area contributed by atoms with E-state index < -0.39 is 36.4 Å². The van der Waals surface area contributed by atoms with Gasteiger partial charge in [-0.3, -0.25) is 9.59 Å². The van der Waals surface area contributed by atoms with Gasteiger partial charge in [-0.1, -0.05) is 76.2 Å². The van der Waals surface area contributed by atoms with E-state index in [1.165, 1.54) is 14.2 Å². The van der Waals surface area contributed by atoms with Crippen LogP contribution in [0.5, 0.6) is 0 Å². The first-order valence-electron chi connectivity index (χ1n) is 16.4. The Bertz CT molecular complexity index is 1630. The molecule has 0 spiro atoms. The number of hydrogen-bond acceptors (Lipinski definition) is 8. The van der Waals surface area contributed by atoms with E-state index >= 15 is 0 Å². The van der Waals surface area contributed by atoms with Crippen LogP contribution in [0.3, 0.4) is 0 Å². The molecule has 0 aliphatic rings. The number of alkyl carbamates (subject to hydrolysis) is 2. The first-order valence-corrected chi connectivity index (χ1v) is 16.4. The Morgan fingerprint density at radius 3 is 1.16 bits per heavy atom. The Kier molecular flexibility index (Phi) is 12.4. The number of amides is 4. The maximum atomic E-state index is 12.7. The number of hydrogen-bond donors (Lipinski definition) is 6. The lowest BCUT2D eigenvalue weighted by Crippen LogP contribution is -2.46. The highest BCUT2D eigenvalue weighted by molar-refractivity contribution is 5.86. The molecule has 0 aliphatic carbocycles. The van der Waals surface area contributed by atoms with E-state index in [0.29, 0.717) is 11.6 Å². The van der Waals surface area contributed by atoms with Crippen LogP contribution in [-0.4, -0.2) is 70.2 Å². The Hall–Kier alpha value is -5.66. The minimum Gasteiger partial charge on any atom is -0.453 e. The Balaban J connectivity index is 1.42. The van der Waals surface area contributed by atoms with Crippen LogP contribution in [0.4, 0.5) is 9.59 Å². The zero-order valence-corrected chi connectivity index (χ0v) is 29.6. The van der Waals surface area contributed by atoms with E-state index in [1.807, 2.05) is 76.2 Å². The van der Waals surface area contributed by atoms with Gasteiger partial charge in [0.2, 0.25) is 11.8 Å². The van der Waals surface area contributed by atoms with E-state index in [4.69, 9.17) is 0 Å². The SMILES string of the molecule is COC(=O)N[C@@H](C)C(=O)N[C@@H](c1ncc(-c2ccc(-c3ccc(-c4cnc([C@H](NC(=O)[C@H](C)NC(=O)OC)C(C)C)[nH]4)cc3)cc2)[nH]1)C(C)C. The number of imidazole rings is 2. The first-order chi connectivity index (χ1) is 23.8. The third kappa shape index (κ3) is 9.27. The van der Waals surface area contributed by atoms with Crippen molar-refractivity contribution < 1.29 is 28.7 Å². The molecule has 0 radical (unpaired) electrons. The second kappa shape index (κ2) is 16.6. The van der Waals surface area contributed by atoms with Gasteiger partial charge < -0.3 is 40.7 Å². The molecule has 4 atom stereocenters. The molecular weight excluding hydrogens is 640 g/mol. The molecule has 0 aliphatic heterocycles. The summed E-state index contributed by atoms with van der Waals surface area (Å²) < 4.78 is 9.17. The van der Waals surface area contributed by atoms with Crippen molar-refractivity contribution in [2.45, 2.75) is 65.7 Å². The Morgan fingerprint density at radius 1 is 0.540 bits per heavy atom. The second-order valence-corrected chi connectivity index (χ2v) is 12.7. The van der Waals surface area contributed by atoms with Crippen molar-refractivity contribution in [2.75, 3.05) is 14.2 Å². The quantitative estimate of drug-likeness (QED) is 0.110. The monoisotopic (exact) mass is 686 g/mol. The predicted molar refractivity (Wildman–Crippen MR) is 188 cm³/mol. The van der Waals surface area contributed by atoms with Crippen LogP contribution in [0.1, 0.15) is 65.3 Å². The second-order valence-electron chi connectivity index (χ2n) is 12.7. The van der Waals surface area contributed by atoms with Crippen molar-refractivity contribution in [3.05, 3.63) is 72.6 Å². The fourth-order valence-corrected chi connectivity index (χ4v) is 5.23. The summed E-state index contributed by atoms with van der Waals surface area (Å²) >= 11 is 0. The van der Waals surface area contributed by atoms with E-state index in [1.54, 1.807) is 26.2 Å². The fourth-order valence-electron chi connectivity index (χ4n) is 5.23. The number of methoxy groups -OCH3 is 2. The highest BCUT2D eigenvalue weighted by atomic mass is 16.5. The molecule has 2 aromatic carbocycles. The van der Waals surface area contributed by atoms with Crippen molar-refractivity contribution in [3.8, 4) is 33.6 Å². The summed E-state index contributed by atoms with van der Waals surface area (Å²) in [5.41, 5.74) is 5.55. The Labute approximate surface area is 291 Å². The molecule has 2 aromatic heterocycles. The molecule has 0 fully saturated rings. The third-order valence-corrected chi connectivity index (χ3v) is 8.26. The van der Waals surface area contributed by atoms with Gasteiger partial charge in [0, 0.05) is 0 Å². The number of carbonyl (C=O) groups is 4. The highest BCUT2D eigenvalue weighted by Crippen LogP contribution is 2.29. The van der Waals surface area contributed by atoms with Crippen LogP contribution in [0.25, 0.3) is 33.6 Å². The normalized spacial score (nSPS) is 13.6. The Morgan fingerprint density at radius 2 is 0.860 bits per heavy atom. The molecule has 266 valence electrons. The van der Waals surface area contributed by atoms with E-state index in [9.17, 15) is 19.2 Å². The highest BCUT2D eigenvalue weighted by Gasteiger charge is 2.26. The van der Waals surface area contributed by atoms with Crippen molar-refractivity contribution in [3.63, 3.8) is 0 Å². The molecule has 14 nitrogen and oxygen atoms in total. The molecular formula is C36H46N8O6. The minimum atomic E-state index is -0.776. The van der Waals surface area contributed by atoms with Gasteiger partial charge in [0.15, 0.2) is 0 Å². The number of aromatic amines is 2. The number of carbonyl (C=O) groups excluding carboxylic acids is 4. The van der Waals surface area contributed by atoms with Gasteiger partial charge >= 0.3 is 12.2 Å². The summed E-state index contributed by atoms with van der Waals surface area (Å²) in [6, 6.07) is 13.8. The van der Waals surface area contributed by atoms with Crippen molar-refractivity contribution >= 4 is 24.0 Å². The van der Waals surface area contributed by atoms with Crippen LogP contribution < -0.4 is 21.3 Å². The molecule has 0 bridgehead atoms. The van der Waals surface area contributed by atoms with Gasteiger partial charge in [-0.15, -0.1) is 0 Å². The van der Waals surface area contributed by atoms with Crippen LogP contribution >= 0.6 is 0 Å². The molecule has 0 saturated heterocycles. The zero-order chi connectivity index (χ0) is 36.5. The smallest absolute Gasteiger partial charge is 0.407 e. The van der Waals surface area contributed by atoms with E-state index in [0.717, 1.165) is 33.6 Å². The molecule has 0 saturated carbocycles. The summed E-state index contributed by atoms with van der Waals surface area (Å²) in [7, 11) is 2.49. The number of benzene rings is 2. The lowest BCUT2D eigenvalue weighted by atomic mass is 10.0. The maximum absolute atomic E-state index is 12.7. The van der Waals surface area contributed by atoms with Gasteiger partial charge in [-0.05, 0) is 47.9 Å². The van der Waals surface area contributed by atoms with Crippen molar-refractivity contribution in [1.82, 2.24) is 41.2 Å². The van der Waals surface area contributed by atoms with Crippen LogP contribution in [0.2, 0.25) is 0 Å². The van der Waals surface area contributed by atoms with Crippen LogP contribution in [0, 0.1) is 11.8 Å². The summed E-state index contributed by atoms with van der Waals surface area (Å²) in [6.07, 6.45) is 2.13. The standard InChI is InChI=1S/C36H46N8O6/c1-19(2)29(43-33(45)21(5)39-35(47)49-7)31-37-17-27(41-31)25-13-9-23(10-14-25)24-11-15-26(16-12-24)28-18-38-32(42-28)30(20(3)4)44-34(46)22(6)40-36(48)50-8/h9-22,29-30H,1-8H3,(H,37,41)(H,38,42)(H,39,47)(H,40,48)(H,43,45)(H,44,46)/t21-,22-,29+,30+/m0/s1.